The number of hydrogen-bond donors (Lipinski definition) is 2. The summed E-state index contributed by atoms with van der Waals surface area (Å²) in [5, 5.41) is 13.2. The molecule has 1 amide bonds. The number of fused-ring (bicyclic) bond motifs is 1. The number of ether oxygens (including phenoxy) is 1. The molecule has 0 heterocycles. The van der Waals surface area contributed by atoms with E-state index >= 15 is 0 Å². The smallest absolute Gasteiger partial charge is 0.251 e. The lowest BCUT2D eigenvalue weighted by Gasteiger charge is -2.18. The van der Waals surface area contributed by atoms with E-state index in [9.17, 15) is 9.90 Å². The number of carbonyl (C=O) groups excluding carboxylic acids is 1. The average molecular weight is 345 g/mol. The summed E-state index contributed by atoms with van der Waals surface area (Å²) >= 11 is 0. The molecule has 0 saturated heterocycles. The fourth-order valence-electron chi connectivity index (χ4n) is 3.27. The molecule has 3 aromatic carbocycles. The Bertz CT molecular complexity index is 906. The third-order valence-corrected chi connectivity index (χ3v) is 4.59. The lowest BCUT2D eigenvalue weighted by Crippen LogP contribution is -2.33. The first kappa shape index (κ1) is 16.4. The molecule has 0 saturated carbocycles. The lowest BCUT2D eigenvalue weighted by atomic mass is 10.1. The van der Waals surface area contributed by atoms with Crippen LogP contribution in [0.3, 0.4) is 0 Å². The van der Waals surface area contributed by atoms with Crippen LogP contribution in [0.15, 0.2) is 78.9 Å². The molecule has 2 N–H and O–H groups in total. The number of amides is 1. The van der Waals surface area contributed by atoms with Gasteiger partial charge in [-0.2, -0.15) is 0 Å². The van der Waals surface area contributed by atoms with E-state index in [0.29, 0.717) is 17.7 Å². The Labute approximate surface area is 152 Å². The van der Waals surface area contributed by atoms with Crippen LogP contribution in [0.25, 0.3) is 0 Å². The van der Waals surface area contributed by atoms with Crippen molar-refractivity contribution < 1.29 is 14.6 Å². The molecular weight excluding hydrogens is 326 g/mol. The topological polar surface area (TPSA) is 58.6 Å². The maximum absolute atomic E-state index is 12.6. The van der Waals surface area contributed by atoms with Crippen LogP contribution in [-0.2, 0) is 6.42 Å². The second-order valence-electron chi connectivity index (χ2n) is 6.36. The van der Waals surface area contributed by atoms with Crippen LogP contribution < -0.4 is 10.1 Å². The van der Waals surface area contributed by atoms with Gasteiger partial charge in [0.2, 0.25) is 0 Å². The van der Waals surface area contributed by atoms with E-state index in [1.165, 1.54) is 0 Å². The van der Waals surface area contributed by atoms with Gasteiger partial charge in [-0.1, -0.05) is 42.5 Å². The summed E-state index contributed by atoms with van der Waals surface area (Å²) in [4.78, 5) is 12.6. The average Bonchev–Trinajstić information content (AvgIpc) is 2.98. The minimum Gasteiger partial charge on any atom is -0.457 e. The Morgan fingerprint density at radius 3 is 2.31 bits per heavy atom. The molecule has 0 fully saturated rings. The molecule has 0 spiro atoms. The van der Waals surface area contributed by atoms with Gasteiger partial charge in [0.05, 0.1) is 12.1 Å². The van der Waals surface area contributed by atoms with Crippen molar-refractivity contribution >= 4 is 5.91 Å². The number of benzene rings is 3. The summed E-state index contributed by atoms with van der Waals surface area (Å²) in [6.07, 6.45) is -0.0395. The SMILES string of the molecule is O=C(NC1c2ccccc2CC1O)c1ccc(Oc2ccccc2)cc1. The number of hydrogen-bond acceptors (Lipinski definition) is 3. The van der Waals surface area contributed by atoms with Gasteiger partial charge in [-0.15, -0.1) is 0 Å². The highest BCUT2D eigenvalue weighted by Gasteiger charge is 2.31. The van der Waals surface area contributed by atoms with Crippen molar-refractivity contribution in [1.29, 1.82) is 0 Å². The van der Waals surface area contributed by atoms with Crippen LogP contribution in [0.4, 0.5) is 0 Å². The van der Waals surface area contributed by atoms with Crippen LogP contribution in [0, 0.1) is 0 Å². The number of aliphatic hydroxyl groups is 1. The van der Waals surface area contributed by atoms with Gasteiger partial charge >= 0.3 is 0 Å². The van der Waals surface area contributed by atoms with Crippen molar-refractivity contribution in [3.63, 3.8) is 0 Å². The molecule has 2 unspecified atom stereocenters. The first-order valence-corrected chi connectivity index (χ1v) is 8.60. The molecule has 4 heteroatoms. The van der Waals surface area contributed by atoms with Gasteiger partial charge in [-0.3, -0.25) is 4.79 Å². The van der Waals surface area contributed by atoms with E-state index in [-0.39, 0.29) is 11.9 Å². The normalized spacial score (nSPS) is 18.2. The number of carbonyl (C=O) groups is 1. The molecule has 2 atom stereocenters. The number of nitrogens with one attached hydrogen (secondary N) is 1. The third-order valence-electron chi connectivity index (χ3n) is 4.59. The molecule has 1 aliphatic carbocycles. The summed E-state index contributed by atoms with van der Waals surface area (Å²) in [7, 11) is 0. The van der Waals surface area contributed by atoms with Gasteiger partial charge in [0.1, 0.15) is 11.5 Å². The maximum Gasteiger partial charge on any atom is 0.251 e. The second-order valence-corrected chi connectivity index (χ2v) is 6.36. The molecule has 4 rings (SSSR count). The largest absolute Gasteiger partial charge is 0.457 e. The van der Waals surface area contributed by atoms with Gasteiger partial charge < -0.3 is 15.2 Å². The Balaban J connectivity index is 1.45. The summed E-state index contributed by atoms with van der Waals surface area (Å²) in [5.41, 5.74) is 2.59. The molecule has 26 heavy (non-hydrogen) atoms. The second kappa shape index (κ2) is 7.02. The fraction of sp³-hybridized carbons (Fsp3) is 0.136. The fourth-order valence-corrected chi connectivity index (χ4v) is 3.27. The van der Waals surface area contributed by atoms with E-state index in [0.717, 1.165) is 16.9 Å². The Morgan fingerprint density at radius 1 is 0.885 bits per heavy atom. The highest BCUT2D eigenvalue weighted by atomic mass is 16.5. The lowest BCUT2D eigenvalue weighted by molar-refractivity contribution is 0.0858. The minimum atomic E-state index is -0.600. The van der Waals surface area contributed by atoms with Crippen LogP contribution in [-0.4, -0.2) is 17.1 Å². The summed E-state index contributed by atoms with van der Waals surface area (Å²) in [6.45, 7) is 0. The molecule has 0 aliphatic heterocycles. The quantitative estimate of drug-likeness (QED) is 0.755. The zero-order chi connectivity index (χ0) is 17.9. The molecule has 3 aromatic rings. The summed E-state index contributed by atoms with van der Waals surface area (Å²) in [6, 6.07) is 23.9. The maximum atomic E-state index is 12.6. The highest BCUT2D eigenvalue weighted by molar-refractivity contribution is 5.94. The summed E-state index contributed by atoms with van der Waals surface area (Å²) < 4.78 is 5.74. The van der Waals surface area contributed by atoms with Gasteiger partial charge in [0.25, 0.3) is 5.91 Å². The Morgan fingerprint density at radius 2 is 1.54 bits per heavy atom. The zero-order valence-electron chi connectivity index (χ0n) is 14.1. The van der Waals surface area contributed by atoms with Crippen molar-refractivity contribution in [2.24, 2.45) is 0 Å². The number of para-hydroxylation sites is 1. The van der Waals surface area contributed by atoms with E-state index in [4.69, 9.17) is 4.74 Å². The molecule has 0 aromatic heterocycles. The van der Waals surface area contributed by atoms with Gasteiger partial charge in [0, 0.05) is 12.0 Å². The van der Waals surface area contributed by atoms with Crippen LogP contribution >= 0.6 is 0 Å². The minimum absolute atomic E-state index is 0.211. The monoisotopic (exact) mass is 345 g/mol. The van der Waals surface area contributed by atoms with E-state index in [1.807, 2.05) is 54.6 Å². The van der Waals surface area contributed by atoms with Gasteiger partial charge in [-0.05, 0) is 47.5 Å². The molecule has 0 bridgehead atoms. The van der Waals surface area contributed by atoms with E-state index < -0.39 is 6.10 Å². The van der Waals surface area contributed by atoms with Crippen LogP contribution in [0.5, 0.6) is 11.5 Å². The van der Waals surface area contributed by atoms with Crippen molar-refractivity contribution in [2.75, 3.05) is 0 Å². The Hall–Kier alpha value is -3.11. The zero-order valence-corrected chi connectivity index (χ0v) is 14.1. The molecule has 0 radical (unpaired) electrons. The predicted molar refractivity (Wildman–Crippen MR) is 99.3 cm³/mol. The van der Waals surface area contributed by atoms with Gasteiger partial charge in [-0.25, -0.2) is 0 Å². The first-order chi connectivity index (χ1) is 12.7. The number of aliphatic hydroxyl groups excluding tert-OH is 1. The van der Waals surface area contributed by atoms with Gasteiger partial charge in [0.15, 0.2) is 0 Å². The van der Waals surface area contributed by atoms with Crippen molar-refractivity contribution in [2.45, 2.75) is 18.6 Å². The standard InChI is InChI=1S/C22H19NO3/c24-20-14-16-6-4-5-9-19(16)21(20)23-22(25)15-10-12-18(13-11-15)26-17-7-2-1-3-8-17/h1-13,20-21,24H,14H2,(H,23,25). The highest BCUT2D eigenvalue weighted by Crippen LogP contribution is 2.31. The van der Waals surface area contributed by atoms with E-state index in [1.54, 1.807) is 24.3 Å². The van der Waals surface area contributed by atoms with Crippen molar-refractivity contribution in [3.05, 3.63) is 95.6 Å². The van der Waals surface area contributed by atoms with Crippen LogP contribution in [0.1, 0.15) is 27.5 Å². The molecular formula is C22H19NO3. The molecule has 130 valence electrons. The predicted octanol–water partition coefficient (Wildman–Crippen LogP) is 3.87. The Kier molecular flexibility index (Phi) is 4.42. The van der Waals surface area contributed by atoms with E-state index in [2.05, 4.69) is 5.32 Å². The van der Waals surface area contributed by atoms with Crippen LogP contribution in [0.2, 0.25) is 0 Å². The number of rotatable bonds is 4. The first-order valence-electron chi connectivity index (χ1n) is 8.60. The summed E-state index contributed by atoms with van der Waals surface area (Å²) in [5.74, 6) is 1.20. The molecule has 4 nitrogen and oxygen atoms in total. The van der Waals surface area contributed by atoms with Crippen molar-refractivity contribution in [1.82, 2.24) is 5.32 Å². The molecule has 1 aliphatic rings. The third kappa shape index (κ3) is 3.32. The van der Waals surface area contributed by atoms with Crippen molar-refractivity contribution in [3.8, 4) is 11.5 Å².